The molecule has 7 rings (SSSR count). The summed E-state index contributed by atoms with van der Waals surface area (Å²) in [4.78, 5) is 56.6. The highest BCUT2D eigenvalue weighted by Gasteiger charge is 2.76. The number of likely N-dealkylation sites (tertiary alicyclic amines) is 3. The van der Waals surface area contributed by atoms with E-state index in [2.05, 4.69) is 17.0 Å². The van der Waals surface area contributed by atoms with Gasteiger partial charge >= 0.3 is 0 Å². The SMILES string of the molecule is COc1ccc(O)c([C@H]2C3=CC[C@@H]4C(=O)N(C5CCN(Cc6ccccc6)CC5)C(=O)[C@@H]4[C@@H]3C[C@@]3(Cl)C(=O)N(C)C(=O)[C@@]23Cl)c1. The van der Waals surface area contributed by atoms with Gasteiger partial charge in [0.2, 0.25) is 11.8 Å². The zero-order chi connectivity index (χ0) is 31.8. The highest BCUT2D eigenvalue weighted by atomic mass is 35.5. The molecule has 6 atom stereocenters. The summed E-state index contributed by atoms with van der Waals surface area (Å²) in [6.45, 7) is 2.34. The van der Waals surface area contributed by atoms with Crippen molar-refractivity contribution < 1.29 is 29.0 Å². The third kappa shape index (κ3) is 4.30. The van der Waals surface area contributed by atoms with Gasteiger partial charge in [-0.3, -0.25) is 33.9 Å². The van der Waals surface area contributed by atoms with Crippen LogP contribution in [0.5, 0.6) is 11.5 Å². The number of halogens is 2. The number of ether oxygens (including phenoxy) is 1. The topological polar surface area (TPSA) is 107 Å². The summed E-state index contributed by atoms with van der Waals surface area (Å²) in [5.41, 5.74) is 2.14. The van der Waals surface area contributed by atoms with Crippen molar-refractivity contribution in [1.29, 1.82) is 0 Å². The van der Waals surface area contributed by atoms with Crippen molar-refractivity contribution >= 4 is 46.8 Å². The van der Waals surface area contributed by atoms with Crippen LogP contribution in [-0.4, -0.2) is 86.5 Å². The number of allylic oxidation sites excluding steroid dienone is 2. The van der Waals surface area contributed by atoms with Crippen molar-refractivity contribution in [1.82, 2.24) is 14.7 Å². The molecule has 1 saturated carbocycles. The highest BCUT2D eigenvalue weighted by Crippen LogP contribution is 2.66. The minimum atomic E-state index is -1.96. The molecule has 2 aromatic rings. The second kappa shape index (κ2) is 10.9. The van der Waals surface area contributed by atoms with Crippen molar-refractivity contribution in [3.05, 3.63) is 71.3 Å². The lowest BCUT2D eigenvalue weighted by molar-refractivity contribution is -0.144. The van der Waals surface area contributed by atoms with E-state index in [0.717, 1.165) is 24.5 Å². The Morgan fingerprint density at radius 2 is 1.67 bits per heavy atom. The number of methoxy groups -OCH3 is 1. The van der Waals surface area contributed by atoms with Gasteiger partial charge in [-0.15, -0.1) is 23.2 Å². The normalized spacial score (nSPS) is 33.6. The quantitative estimate of drug-likeness (QED) is 0.295. The second-order valence-electron chi connectivity index (χ2n) is 13.0. The number of piperidine rings is 1. The summed E-state index contributed by atoms with van der Waals surface area (Å²) in [5, 5.41) is 11.1. The number of hydrogen-bond donors (Lipinski definition) is 1. The molecule has 45 heavy (non-hydrogen) atoms. The predicted molar refractivity (Wildman–Crippen MR) is 167 cm³/mol. The Hall–Kier alpha value is -3.40. The maximum atomic E-state index is 14.3. The van der Waals surface area contributed by atoms with E-state index in [1.165, 1.54) is 30.7 Å². The molecule has 3 heterocycles. The number of aromatic hydroxyl groups is 1. The van der Waals surface area contributed by atoms with Gasteiger partial charge in [-0.05, 0) is 55.4 Å². The zero-order valence-electron chi connectivity index (χ0n) is 25.1. The molecule has 4 fully saturated rings. The molecule has 5 aliphatic rings. The van der Waals surface area contributed by atoms with E-state index >= 15 is 0 Å². The van der Waals surface area contributed by atoms with E-state index in [1.807, 2.05) is 24.3 Å². The molecule has 1 N–H and O–H groups in total. The number of nitrogens with zero attached hydrogens (tertiary/aromatic N) is 3. The Kier molecular flexibility index (Phi) is 7.30. The molecular formula is C34H35Cl2N3O6. The summed E-state index contributed by atoms with van der Waals surface area (Å²) >= 11 is 14.5. The molecule has 3 aliphatic heterocycles. The van der Waals surface area contributed by atoms with Crippen molar-refractivity contribution in [2.45, 2.75) is 53.9 Å². The van der Waals surface area contributed by atoms with E-state index in [4.69, 9.17) is 27.9 Å². The van der Waals surface area contributed by atoms with Crippen LogP contribution in [0.2, 0.25) is 0 Å². The van der Waals surface area contributed by atoms with E-state index < -0.39 is 45.2 Å². The lowest BCUT2D eigenvalue weighted by atomic mass is 9.56. The smallest absolute Gasteiger partial charge is 0.253 e. The molecular weight excluding hydrogens is 617 g/mol. The molecule has 0 radical (unpaired) electrons. The maximum Gasteiger partial charge on any atom is 0.253 e. The lowest BCUT2D eigenvalue weighted by Gasteiger charge is -2.50. The average Bonchev–Trinajstić information content (AvgIpc) is 3.37. The van der Waals surface area contributed by atoms with Gasteiger partial charge in [0.25, 0.3) is 11.8 Å². The molecule has 4 amide bonds. The van der Waals surface area contributed by atoms with Gasteiger partial charge < -0.3 is 9.84 Å². The first-order valence-electron chi connectivity index (χ1n) is 15.4. The van der Waals surface area contributed by atoms with Gasteiger partial charge in [0.05, 0.1) is 18.9 Å². The van der Waals surface area contributed by atoms with Crippen molar-refractivity contribution in [2.75, 3.05) is 27.2 Å². The Morgan fingerprint density at radius 3 is 2.36 bits per heavy atom. The van der Waals surface area contributed by atoms with Gasteiger partial charge in [0, 0.05) is 44.2 Å². The molecule has 0 bridgehead atoms. The molecule has 236 valence electrons. The van der Waals surface area contributed by atoms with Crippen LogP contribution in [0.25, 0.3) is 0 Å². The second-order valence-corrected chi connectivity index (χ2v) is 14.2. The number of rotatable bonds is 5. The Labute approximate surface area is 271 Å². The Bertz CT molecular complexity index is 1620. The standard InChI is InChI=1S/C34H35Cl2N3O6/c1-37-31(43)33(35)17-25-22(28(34(33,36)32(37)44)24-16-21(45-2)8-11-26(24)40)9-10-23-27(25)30(42)39(29(23)41)20-12-14-38(15-13-20)18-19-6-4-3-5-7-19/h3-9,11,16,20,23,25,27-28,40H,10,12-15,17-18H2,1-2H3/t23-,25+,27-,28+,33+,34-/m0/s1. The number of phenols is 1. The van der Waals surface area contributed by atoms with Crippen LogP contribution >= 0.6 is 23.2 Å². The molecule has 0 unspecified atom stereocenters. The number of carbonyl (C=O) groups excluding carboxylic acids is 4. The number of imide groups is 2. The van der Waals surface area contributed by atoms with E-state index in [1.54, 1.807) is 12.1 Å². The highest BCUT2D eigenvalue weighted by molar-refractivity contribution is 6.53. The van der Waals surface area contributed by atoms with Crippen LogP contribution in [0.4, 0.5) is 0 Å². The number of hydrogen-bond acceptors (Lipinski definition) is 7. The number of phenolic OH excluding ortho intramolecular Hbond substituents is 1. The summed E-state index contributed by atoms with van der Waals surface area (Å²) in [6, 6.07) is 14.6. The summed E-state index contributed by atoms with van der Waals surface area (Å²) in [5.74, 6) is -4.52. The molecule has 9 nitrogen and oxygen atoms in total. The first-order chi connectivity index (χ1) is 21.5. The van der Waals surface area contributed by atoms with Crippen LogP contribution in [-0.2, 0) is 25.7 Å². The van der Waals surface area contributed by atoms with Gasteiger partial charge in [-0.25, -0.2) is 0 Å². The number of carbonyl (C=O) groups is 4. The molecule has 2 aromatic carbocycles. The predicted octanol–water partition coefficient (Wildman–Crippen LogP) is 4.05. The van der Waals surface area contributed by atoms with Crippen LogP contribution < -0.4 is 4.74 Å². The van der Waals surface area contributed by atoms with Crippen molar-refractivity contribution in [3.63, 3.8) is 0 Å². The summed E-state index contributed by atoms with van der Waals surface area (Å²) < 4.78 is 5.42. The molecule has 0 aromatic heterocycles. The Balaban J connectivity index is 1.22. The zero-order valence-corrected chi connectivity index (χ0v) is 26.6. The monoisotopic (exact) mass is 651 g/mol. The first kappa shape index (κ1) is 30.3. The fourth-order valence-corrected chi connectivity index (χ4v) is 9.55. The average molecular weight is 653 g/mol. The first-order valence-corrected chi connectivity index (χ1v) is 16.2. The third-order valence-electron chi connectivity index (χ3n) is 10.8. The van der Waals surface area contributed by atoms with Crippen molar-refractivity contribution in [3.8, 4) is 11.5 Å². The van der Waals surface area contributed by atoms with Crippen LogP contribution in [0, 0.1) is 17.8 Å². The summed E-state index contributed by atoms with van der Waals surface area (Å²) in [6.07, 6.45) is 3.44. The number of amides is 4. The minimum Gasteiger partial charge on any atom is -0.508 e. The fourth-order valence-electron chi connectivity index (χ4n) is 8.54. The van der Waals surface area contributed by atoms with Gasteiger partial charge in [0.15, 0.2) is 9.75 Å². The fraction of sp³-hybridized carbons (Fsp3) is 0.471. The third-order valence-corrected chi connectivity index (χ3v) is 12.2. The van der Waals surface area contributed by atoms with Crippen LogP contribution in [0.15, 0.2) is 60.2 Å². The number of benzene rings is 2. The molecule has 3 saturated heterocycles. The van der Waals surface area contributed by atoms with E-state index in [9.17, 15) is 24.3 Å². The van der Waals surface area contributed by atoms with Crippen LogP contribution in [0.3, 0.4) is 0 Å². The minimum absolute atomic E-state index is 0.0798. The van der Waals surface area contributed by atoms with E-state index in [-0.39, 0.29) is 42.0 Å². The largest absolute Gasteiger partial charge is 0.508 e. The van der Waals surface area contributed by atoms with Crippen LogP contribution in [0.1, 0.15) is 42.7 Å². The van der Waals surface area contributed by atoms with Gasteiger partial charge in [0.1, 0.15) is 11.5 Å². The Morgan fingerprint density at radius 1 is 0.956 bits per heavy atom. The molecule has 11 heteroatoms. The summed E-state index contributed by atoms with van der Waals surface area (Å²) in [7, 11) is 2.82. The van der Waals surface area contributed by atoms with Crippen molar-refractivity contribution in [2.24, 2.45) is 17.8 Å². The van der Waals surface area contributed by atoms with Gasteiger partial charge in [-0.2, -0.15) is 0 Å². The number of alkyl halides is 2. The molecule has 0 spiro atoms. The molecule has 2 aliphatic carbocycles. The lowest BCUT2D eigenvalue weighted by Crippen LogP contribution is -2.60. The number of fused-ring (bicyclic) bond motifs is 4. The van der Waals surface area contributed by atoms with Gasteiger partial charge in [-0.1, -0.05) is 42.0 Å². The maximum absolute atomic E-state index is 14.3. The van der Waals surface area contributed by atoms with E-state index in [0.29, 0.717) is 24.2 Å².